The van der Waals surface area contributed by atoms with Gasteiger partial charge in [0.1, 0.15) is 5.75 Å². The summed E-state index contributed by atoms with van der Waals surface area (Å²) in [6.45, 7) is 4.88. The number of aliphatic imine (C=N–C) groups is 1. The van der Waals surface area contributed by atoms with Crippen molar-refractivity contribution < 1.29 is 23.7 Å². The van der Waals surface area contributed by atoms with Crippen LogP contribution < -0.4 is 14.2 Å². The minimum absolute atomic E-state index is 0.229. The number of methoxy groups -OCH3 is 1. The Hall–Kier alpha value is -3.28. The smallest absolute Gasteiger partial charge is 0.363 e. The lowest BCUT2D eigenvalue weighted by Gasteiger charge is -2.11. The molecule has 27 heavy (non-hydrogen) atoms. The molecular weight excluding hydrogens is 346 g/mol. The molecule has 1 aliphatic rings. The van der Waals surface area contributed by atoms with Crippen molar-refractivity contribution >= 4 is 17.9 Å². The Morgan fingerprint density at radius 2 is 1.70 bits per heavy atom. The van der Waals surface area contributed by atoms with E-state index in [2.05, 4.69) is 4.99 Å². The molecule has 0 amide bonds. The van der Waals surface area contributed by atoms with E-state index in [9.17, 15) is 4.79 Å². The first-order valence-electron chi connectivity index (χ1n) is 8.71. The van der Waals surface area contributed by atoms with E-state index in [0.717, 1.165) is 11.3 Å². The highest BCUT2D eigenvalue weighted by atomic mass is 16.6. The molecule has 1 heterocycles. The molecule has 0 unspecified atom stereocenters. The van der Waals surface area contributed by atoms with Gasteiger partial charge in [-0.3, -0.25) is 0 Å². The summed E-state index contributed by atoms with van der Waals surface area (Å²) in [4.78, 5) is 16.5. The molecule has 1 aliphatic heterocycles. The largest absolute Gasteiger partial charge is 0.497 e. The van der Waals surface area contributed by atoms with Crippen LogP contribution in [0.25, 0.3) is 6.08 Å². The summed E-state index contributed by atoms with van der Waals surface area (Å²) in [5.74, 6) is 1.78. The Kier molecular flexibility index (Phi) is 5.76. The van der Waals surface area contributed by atoms with Crippen molar-refractivity contribution in [2.45, 2.75) is 13.8 Å². The van der Waals surface area contributed by atoms with E-state index in [1.165, 1.54) is 0 Å². The normalized spacial score (nSPS) is 14.7. The van der Waals surface area contributed by atoms with Gasteiger partial charge in [0.2, 0.25) is 5.90 Å². The first-order chi connectivity index (χ1) is 13.1. The van der Waals surface area contributed by atoms with Crippen LogP contribution in [0.1, 0.15) is 25.0 Å². The lowest BCUT2D eigenvalue weighted by molar-refractivity contribution is -0.129. The van der Waals surface area contributed by atoms with Gasteiger partial charge in [0.05, 0.1) is 20.3 Å². The first kappa shape index (κ1) is 18.5. The summed E-state index contributed by atoms with van der Waals surface area (Å²) >= 11 is 0. The number of nitrogens with zero attached hydrogens (tertiary/aromatic N) is 1. The van der Waals surface area contributed by atoms with Crippen molar-refractivity contribution in [3.63, 3.8) is 0 Å². The van der Waals surface area contributed by atoms with Crippen molar-refractivity contribution in [2.24, 2.45) is 4.99 Å². The predicted molar refractivity (Wildman–Crippen MR) is 102 cm³/mol. The molecular formula is C21H21NO5. The fourth-order valence-corrected chi connectivity index (χ4v) is 2.58. The second-order valence-corrected chi connectivity index (χ2v) is 5.64. The highest BCUT2D eigenvalue weighted by molar-refractivity contribution is 6.12. The summed E-state index contributed by atoms with van der Waals surface area (Å²) in [6.07, 6.45) is 1.66. The highest BCUT2D eigenvalue weighted by Gasteiger charge is 2.24. The molecule has 0 aliphatic carbocycles. The van der Waals surface area contributed by atoms with E-state index < -0.39 is 5.97 Å². The van der Waals surface area contributed by atoms with Gasteiger partial charge in [-0.25, -0.2) is 9.79 Å². The van der Waals surface area contributed by atoms with Gasteiger partial charge in [0.25, 0.3) is 0 Å². The molecule has 0 aromatic heterocycles. The van der Waals surface area contributed by atoms with E-state index in [4.69, 9.17) is 18.9 Å². The SMILES string of the molecule is CCOc1ccc(C=C2N=C(c3ccc(OC)cc3)OC2=O)cc1OCC. The molecule has 0 saturated heterocycles. The molecule has 0 N–H and O–H groups in total. The number of carbonyl (C=O) groups is 1. The van der Waals surface area contributed by atoms with Gasteiger partial charge >= 0.3 is 5.97 Å². The third kappa shape index (κ3) is 4.28. The number of carbonyl (C=O) groups excluding carboxylic acids is 1. The molecule has 0 radical (unpaired) electrons. The van der Waals surface area contributed by atoms with E-state index >= 15 is 0 Å². The Morgan fingerprint density at radius 3 is 2.37 bits per heavy atom. The van der Waals surface area contributed by atoms with Crippen molar-refractivity contribution in [1.29, 1.82) is 0 Å². The Labute approximate surface area is 158 Å². The number of esters is 1. The molecule has 0 atom stereocenters. The Morgan fingerprint density at radius 1 is 1.00 bits per heavy atom. The third-order valence-electron chi connectivity index (χ3n) is 3.83. The maximum Gasteiger partial charge on any atom is 0.363 e. The van der Waals surface area contributed by atoms with E-state index in [0.29, 0.717) is 30.3 Å². The quantitative estimate of drug-likeness (QED) is 0.549. The maximum absolute atomic E-state index is 12.2. The minimum Gasteiger partial charge on any atom is -0.497 e. The topological polar surface area (TPSA) is 66.3 Å². The Bertz CT molecular complexity index is 884. The van der Waals surface area contributed by atoms with Gasteiger partial charge in [-0.15, -0.1) is 0 Å². The van der Waals surface area contributed by atoms with Crippen molar-refractivity contribution in [3.05, 3.63) is 59.3 Å². The highest BCUT2D eigenvalue weighted by Crippen LogP contribution is 2.30. The second kappa shape index (κ2) is 8.40. The van der Waals surface area contributed by atoms with Gasteiger partial charge in [0, 0.05) is 5.56 Å². The van der Waals surface area contributed by atoms with E-state index in [-0.39, 0.29) is 11.6 Å². The van der Waals surface area contributed by atoms with Crippen molar-refractivity contribution in [2.75, 3.05) is 20.3 Å². The van der Waals surface area contributed by atoms with Crippen LogP contribution in [0, 0.1) is 0 Å². The van der Waals surface area contributed by atoms with Crippen LogP contribution in [-0.4, -0.2) is 32.2 Å². The fraction of sp³-hybridized carbons (Fsp3) is 0.238. The van der Waals surface area contributed by atoms with E-state index in [1.807, 2.05) is 32.0 Å². The molecule has 6 heteroatoms. The van der Waals surface area contributed by atoms with Crippen molar-refractivity contribution in [3.8, 4) is 17.2 Å². The number of hydrogen-bond acceptors (Lipinski definition) is 6. The molecule has 2 aromatic carbocycles. The number of benzene rings is 2. The minimum atomic E-state index is -0.493. The average Bonchev–Trinajstić information content (AvgIpc) is 3.05. The number of ether oxygens (including phenoxy) is 4. The molecule has 3 rings (SSSR count). The molecule has 6 nitrogen and oxygen atoms in total. The number of rotatable bonds is 7. The van der Waals surface area contributed by atoms with Gasteiger partial charge in [0.15, 0.2) is 17.2 Å². The zero-order valence-electron chi connectivity index (χ0n) is 15.5. The van der Waals surface area contributed by atoms with Crippen LogP contribution in [0.2, 0.25) is 0 Å². The van der Waals surface area contributed by atoms with Gasteiger partial charge in [-0.05, 0) is 61.9 Å². The monoisotopic (exact) mass is 367 g/mol. The summed E-state index contributed by atoms with van der Waals surface area (Å²) in [5.41, 5.74) is 1.70. The molecule has 2 aromatic rings. The summed E-state index contributed by atoms with van der Waals surface area (Å²) in [6, 6.07) is 12.6. The lowest BCUT2D eigenvalue weighted by atomic mass is 10.1. The van der Waals surface area contributed by atoms with Gasteiger partial charge in [-0.1, -0.05) is 6.07 Å². The maximum atomic E-state index is 12.2. The molecule has 0 bridgehead atoms. The summed E-state index contributed by atoms with van der Waals surface area (Å²) in [7, 11) is 1.59. The molecule has 0 spiro atoms. The van der Waals surface area contributed by atoms with Gasteiger partial charge in [-0.2, -0.15) is 0 Å². The van der Waals surface area contributed by atoms with Crippen LogP contribution in [0.15, 0.2) is 53.2 Å². The van der Waals surface area contributed by atoms with Crippen molar-refractivity contribution in [1.82, 2.24) is 0 Å². The van der Waals surface area contributed by atoms with Crippen LogP contribution in [0.3, 0.4) is 0 Å². The van der Waals surface area contributed by atoms with Crippen LogP contribution in [0.4, 0.5) is 0 Å². The summed E-state index contributed by atoms with van der Waals surface area (Å²) < 4.78 is 21.6. The van der Waals surface area contributed by atoms with Crippen LogP contribution >= 0.6 is 0 Å². The zero-order chi connectivity index (χ0) is 19.2. The lowest BCUT2D eigenvalue weighted by Crippen LogP contribution is -2.05. The average molecular weight is 367 g/mol. The number of cyclic esters (lactones) is 1. The van der Waals surface area contributed by atoms with Crippen LogP contribution in [-0.2, 0) is 9.53 Å². The Balaban J connectivity index is 1.88. The molecule has 0 fully saturated rings. The van der Waals surface area contributed by atoms with Gasteiger partial charge < -0.3 is 18.9 Å². The summed E-state index contributed by atoms with van der Waals surface area (Å²) in [5, 5.41) is 0. The molecule has 140 valence electrons. The predicted octanol–water partition coefficient (Wildman–Crippen LogP) is 3.84. The third-order valence-corrected chi connectivity index (χ3v) is 3.83. The zero-order valence-corrected chi connectivity index (χ0v) is 15.5. The second-order valence-electron chi connectivity index (χ2n) is 5.64. The van der Waals surface area contributed by atoms with E-state index in [1.54, 1.807) is 37.5 Å². The number of hydrogen-bond donors (Lipinski definition) is 0. The van der Waals surface area contributed by atoms with Crippen LogP contribution in [0.5, 0.6) is 17.2 Å². The molecule has 0 saturated carbocycles. The first-order valence-corrected chi connectivity index (χ1v) is 8.71. The standard InChI is InChI=1S/C21H21NO5/c1-4-25-18-11-6-14(13-19(18)26-5-2)12-17-21(23)27-20(22-17)15-7-9-16(24-3)10-8-15/h6-13H,4-5H2,1-3H3. The fourth-order valence-electron chi connectivity index (χ4n) is 2.58.